The molecular formula is C21H21NOS2. The van der Waals surface area contributed by atoms with Crippen LogP contribution in [0.4, 0.5) is 5.69 Å². The van der Waals surface area contributed by atoms with E-state index in [2.05, 4.69) is 32.0 Å². The molecule has 0 aliphatic carbocycles. The van der Waals surface area contributed by atoms with Gasteiger partial charge < -0.3 is 0 Å². The molecule has 0 saturated carbocycles. The molecule has 3 rings (SSSR count). The van der Waals surface area contributed by atoms with Crippen LogP contribution in [0.1, 0.15) is 34.7 Å². The number of hydrogen-bond donors (Lipinski definition) is 0. The molecule has 0 N–H and O–H groups in total. The molecule has 0 unspecified atom stereocenters. The summed E-state index contributed by atoms with van der Waals surface area (Å²) in [6.45, 7) is 10.2. The second-order valence-electron chi connectivity index (χ2n) is 6.50. The summed E-state index contributed by atoms with van der Waals surface area (Å²) in [4.78, 5) is 15.6. The van der Waals surface area contributed by atoms with E-state index < -0.39 is 0 Å². The van der Waals surface area contributed by atoms with Crippen molar-refractivity contribution in [3.05, 3.63) is 69.1 Å². The maximum Gasteiger partial charge on any atom is 0.271 e. The first-order valence-electron chi connectivity index (χ1n) is 8.22. The number of carbonyl (C=O) groups is 1. The second kappa shape index (κ2) is 6.77. The lowest BCUT2D eigenvalue weighted by Crippen LogP contribution is -2.29. The lowest BCUT2D eigenvalue weighted by molar-refractivity contribution is -0.113. The van der Waals surface area contributed by atoms with Gasteiger partial charge in [-0.15, -0.1) is 0 Å². The van der Waals surface area contributed by atoms with Gasteiger partial charge in [-0.05, 0) is 68.0 Å². The Labute approximate surface area is 158 Å². The van der Waals surface area contributed by atoms with E-state index in [-0.39, 0.29) is 5.91 Å². The largest absolute Gasteiger partial charge is 0.271 e. The summed E-state index contributed by atoms with van der Waals surface area (Å²) in [7, 11) is 0. The molecule has 0 spiro atoms. The zero-order valence-corrected chi connectivity index (χ0v) is 16.8. The number of thioether (sulfide) groups is 1. The van der Waals surface area contributed by atoms with E-state index in [4.69, 9.17) is 12.2 Å². The minimum absolute atomic E-state index is 0.0249. The predicted molar refractivity (Wildman–Crippen MR) is 112 cm³/mol. The molecule has 2 aromatic carbocycles. The quantitative estimate of drug-likeness (QED) is 0.500. The third-order valence-corrected chi connectivity index (χ3v) is 6.19. The lowest BCUT2D eigenvalue weighted by Gasteiger charge is -2.19. The topological polar surface area (TPSA) is 20.3 Å². The molecule has 1 heterocycles. The number of rotatable bonds is 2. The van der Waals surface area contributed by atoms with Crippen LogP contribution in [0.5, 0.6) is 0 Å². The molecule has 1 saturated heterocycles. The third-order valence-electron chi connectivity index (χ3n) is 4.71. The van der Waals surface area contributed by atoms with Crippen LogP contribution in [-0.2, 0) is 4.79 Å². The standard InChI is InChI=1S/C21H21NOS2/c1-12-9-10-17(11-15(12)4)16(5)19-20(23)22(21(24)25-19)18-13(2)7-6-8-14(18)3/h6-11H,1-5H3/b19-16-. The molecule has 2 aromatic rings. The molecule has 1 aliphatic heterocycles. The Hall–Kier alpha value is -1.91. The number of nitrogens with zero attached hydrogens (tertiary/aromatic N) is 1. The van der Waals surface area contributed by atoms with Crippen molar-refractivity contribution in [1.29, 1.82) is 0 Å². The minimum Gasteiger partial charge on any atom is -0.268 e. The molecule has 0 atom stereocenters. The van der Waals surface area contributed by atoms with Crippen LogP contribution in [-0.4, -0.2) is 10.2 Å². The van der Waals surface area contributed by atoms with Crippen molar-refractivity contribution >= 4 is 45.5 Å². The monoisotopic (exact) mass is 367 g/mol. The molecule has 1 aliphatic rings. The Kier molecular flexibility index (Phi) is 4.85. The highest BCUT2D eigenvalue weighted by atomic mass is 32.2. The smallest absolute Gasteiger partial charge is 0.268 e. The summed E-state index contributed by atoms with van der Waals surface area (Å²) in [5.41, 5.74) is 7.55. The number of para-hydroxylation sites is 1. The van der Waals surface area contributed by atoms with Gasteiger partial charge in [0.1, 0.15) is 0 Å². The first kappa shape index (κ1) is 17.9. The number of hydrogen-bond acceptors (Lipinski definition) is 3. The first-order valence-corrected chi connectivity index (χ1v) is 9.44. The predicted octanol–water partition coefficient (Wildman–Crippen LogP) is 5.72. The van der Waals surface area contributed by atoms with E-state index >= 15 is 0 Å². The van der Waals surface area contributed by atoms with Gasteiger partial charge in [0, 0.05) is 0 Å². The highest BCUT2D eigenvalue weighted by molar-refractivity contribution is 8.27. The molecule has 4 heteroatoms. The summed E-state index contributed by atoms with van der Waals surface area (Å²) >= 11 is 6.94. The average molecular weight is 368 g/mol. The van der Waals surface area contributed by atoms with E-state index in [1.54, 1.807) is 4.90 Å². The number of carbonyl (C=O) groups excluding carboxylic acids is 1. The van der Waals surface area contributed by atoms with E-state index in [1.807, 2.05) is 39.0 Å². The summed E-state index contributed by atoms with van der Waals surface area (Å²) in [5, 5.41) is 0. The Bertz CT molecular complexity index is 907. The van der Waals surface area contributed by atoms with Crippen LogP contribution in [0.3, 0.4) is 0 Å². The number of amides is 1. The molecule has 1 fully saturated rings. The zero-order chi connectivity index (χ0) is 18.3. The molecule has 25 heavy (non-hydrogen) atoms. The van der Waals surface area contributed by atoms with Crippen molar-refractivity contribution in [1.82, 2.24) is 0 Å². The van der Waals surface area contributed by atoms with E-state index in [9.17, 15) is 4.79 Å². The van der Waals surface area contributed by atoms with Crippen molar-refractivity contribution in [2.24, 2.45) is 0 Å². The molecule has 128 valence electrons. The Morgan fingerprint density at radius 2 is 1.60 bits per heavy atom. The fraction of sp³-hybridized carbons (Fsp3) is 0.238. The van der Waals surface area contributed by atoms with Gasteiger partial charge in [0.2, 0.25) is 0 Å². The van der Waals surface area contributed by atoms with Crippen LogP contribution < -0.4 is 4.90 Å². The number of aryl methyl sites for hydroxylation is 4. The maximum absolute atomic E-state index is 13.1. The molecule has 1 amide bonds. The zero-order valence-electron chi connectivity index (χ0n) is 15.1. The van der Waals surface area contributed by atoms with Crippen molar-refractivity contribution in [3.8, 4) is 0 Å². The normalized spacial score (nSPS) is 16.6. The van der Waals surface area contributed by atoms with Gasteiger partial charge in [0.05, 0.1) is 10.6 Å². The second-order valence-corrected chi connectivity index (χ2v) is 8.15. The Balaban J connectivity index is 2.08. The summed E-state index contributed by atoms with van der Waals surface area (Å²) in [6, 6.07) is 12.3. The van der Waals surface area contributed by atoms with Gasteiger partial charge in [0.25, 0.3) is 5.91 Å². The Morgan fingerprint density at radius 3 is 2.20 bits per heavy atom. The SMILES string of the molecule is C/C(=C1/SC(=S)N(c2c(C)cccc2C)C1=O)c1ccc(C)c(C)c1. The van der Waals surface area contributed by atoms with Gasteiger partial charge in [-0.2, -0.15) is 0 Å². The highest BCUT2D eigenvalue weighted by Crippen LogP contribution is 2.41. The van der Waals surface area contributed by atoms with Gasteiger partial charge in [-0.25, -0.2) is 0 Å². The van der Waals surface area contributed by atoms with Crippen LogP contribution in [0.15, 0.2) is 41.3 Å². The Morgan fingerprint density at radius 1 is 0.960 bits per heavy atom. The fourth-order valence-corrected chi connectivity index (χ4v) is 4.37. The van der Waals surface area contributed by atoms with Crippen LogP contribution in [0.25, 0.3) is 5.57 Å². The number of allylic oxidation sites excluding steroid dienone is 1. The average Bonchev–Trinajstić information content (AvgIpc) is 2.85. The molecular weight excluding hydrogens is 346 g/mol. The number of anilines is 1. The van der Waals surface area contributed by atoms with Crippen molar-refractivity contribution in [3.63, 3.8) is 0 Å². The summed E-state index contributed by atoms with van der Waals surface area (Å²) in [6.07, 6.45) is 0. The van der Waals surface area contributed by atoms with Crippen LogP contribution in [0, 0.1) is 27.7 Å². The van der Waals surface area contributed by atoms with E-state index in [1.165, 1.54) is 22.9 Å². The van der Waals surface area contributed by atoms with E-state index in [0.29, 0.717) is 4.32 Å². The fourth-order valence-electron chi connectivity index (χ4n) is 3.05. The highest BCUT2D eigenvalue weighted by Gasteiger charge is 2.36. The molecule has 2 nitrogen and oxygen atoms in total. The third kappa shape index (κ3) is 3.16. The van der Waals surface area contributed by atoms with E-state index in [0.717, 1.165) is 32.9 Å². The number of benzene rings is 2. The molecule has 0 radical (unpaired) electrons. The molecule has 0 aromatic heterocycles. The van der Waals surface area contributed by atoms with Crippen molar-refractivity contribution in [2.75, 3.05) is 4.90 Å². The summed E-state index contributed by atoms with van der Waals surface area (Å²) < 4.78 is 0.598. The first-order chi connectivity index (χ1) is 11.8. The van der Waals surface area contributed by atoms with Crippen LogP contribution in [0.2, 0.25) is 0 Å². The maximum atomic E-state index is 13.1. The van der Waals surface area contributed by atoms with Gasteiger partial charge in [0.15, 0.2) is 4.32 Å². The summed E-state index contributed by atoms with van der Waals surface area (Å²) in [5.74, 6) is -0.0249. The van der Waals surface area contributed by atoms with Gasteiger partial charge in [-0.3, -0.25) is 9.69 Å². The van der Waals surface area contributed by atoms with Gasteiger partial charge >= 0.3 is 0 Å². The van der Waals surface area contributed by atoms with Gasteiger partial charge in [-0.1, -0.05) is 60.4 Å². The minimum atomic E-state index is -0.0249. The van der Waals surface area contributed by atoms with Crippen molar-refractivity contribution < 1.29 is 4.79 Å². The van der Waals surface area contributed by atoms with Crippen LogP contribution >= 0.6 is 24.0 Å². The molecule has 0 bridgehead atoms. The van der Waals surface area contributed by atoms with Crippen molar-refractivity contribution in [2.45, 2.75) is 34.6 Å². The number of thiocarbonyl (C=S) groups is 1. The lowest BCUT2D eigenvalue weighted by atomic mass is 10.0.